The minimum absolute atomic E-state index is 0.00632. The van der Waals surface area contributed by atoms with Crippen LogP contribution >= 0.6 is 11.8 Å². The Morgan fingerprint density at radius 3 is 2.61 bits per heavy atom. The monoisotopic (exact) mass is 339 g/mol. The van der Waals surface area contributed by atoms with Gasteiger partial charge < -0.3 is 20.2 Å². The summed E-state index contributed by atoms with van der Waals surface area (Å²) >= 11 is 1.04. The fourth-order valence-electron chi connectivity index (χ4n) is 2.56. The summed E-state index contributed by atoms with van der Waals surface area (Å²) in [7, 11) is 0. The van der Waals surface area contributed by atoms with E-state index in [9.17, 15) is 29.7 Å². The van der Waals surface area contributed by atoms with E-state index < -0.39 is 12.0 Å². The molecular formula is C15H17NO6S. The number of hydrogen-bond acceptors (Lipinski definition) is 6. The van der Waals surface area contributed by atoms with Crippen molar-refractivity contribution in [2.45, 2.75) is 31.1 Å². The number of benzene rings is 1. The lowest BCUT2D eigenvalue weighted by molar-refractivity contribution is -0.148. The highest BCUT2D eigenvalue weighted by Crippen LogP contribution is 2.29. The van der Waals surface area contributed by atoms with Gasteiger partial charge in [0.1, 0.15) is 6.04 Å². The molecule has 2 atom stereocenters. The molecule has 1 saturated heterocycles. The van der Waals surface area contributed by atoms with Crippen molar-refractivity contribution in [1.82, 2.24) is 4.90 Å². The van der Waals surface area contributed by atoms with Gasteiger partial charge in [-0.15, -0.1) is 0 Å². The van der Waals surface area contributed by atoms with Crippen molar-refractivity contribution in [2.24, 2.45) is 0 Å². The van der Waals surface area contributed by atoms with Crippen LogP contribution in [0.2, 0.25) is 0 Å². The molecule has 23 heavy (non-hydrogen) atoms. The van der Waals surface area contributed by atoms with Gasteiger partial charge in [-0.25, -0.2) is 4.79 Å². The number of phenolic OH excluding ortho intramolecular Hbond substituents is 2. The van der Waals surface area contributed by atoms with Gasteiger partial charge >= 0.3 is 5.97 Å². The molecule has 3 N–H and O–H groups in total. The van der Waals surface area contributed by atoms with Gasteiger partial charge in [0.25, 0.3) is 0 Å². The third-order valence-electron chi connectivity index (χ3n) is 3.59. The predicted molar refractivity (Wildman–Crippen MR) is 83.3 cm³/mol. The van der Waals surface area contributed by atoms with Gasteiger partial charge in [-0.05, 0) is 17.7 Å². The zero-order chi connectivity index (χ0) is 17.1. The van der Waals surface area contributed by atoms with Gasteiger partial charge in [-0.2, -0.15) is 0 Å². The number of phenols is 2. The number of aliphatic carboxylic acids is 1. The van der Waals surface area contributed by atoms with Gasteiger partial charge in [0.15, 0.2) is 16.6 Å². The average Bonchev–Trinajstić information content (AvgIpc) is 2.79. The van der Waals surface area contributed by atoms with Crippen molar-refractivity contribution in [1.29, 1.82) is 0 Å². The van der Waals surface area contributed by atoms with E-state index in [1.165, 1.54) is 30.0 Å². The third kappa shape index (κ3) is 4.16. The number of nitrogens with zero attached hydrogens (tertiary/aromatic N) is 1. The van der Waals surface area contributed by atoms with Crippen LogP contribution in [0.5, 0.6) is 11.5 Å². The minimum atomic E-state index is -1.15. The van der Waals surface area contributed by atoms with Crippen molar-refractivity contribution < 1.29 is 29.7 Å². The highest BCUT2D eigenvalue weighted by atomic mass is 32.2. The molecule has 0 saturated carbocycles. The summed E-state index contributed by atoms with van der Waals surface area (Å²) < 4.78 is 0. The number of rotatable bonds is 5. The number of hydrogen-bond donors (Lipinski definition) is 3. The van der Waals surface area contributed by atoms with E-state index in [0.717, 1.165) is 11.8 Å². The van der Waals surface area contributed by atoms with Crippen molar-refractivity contribution in [2.75, 3.05) is 6.54 Å². The highest BCUT2D eigenvalue weighted by molar-refractivity contribution is 8.14. The van der Waals surface area contributed by atoms with Crippen LogP contribution in [-0.2, 0) is 20.8 Å². The van der Waals surface area contributed by atoms with Crippen molar-refractivity contribution in [3.63, 3.8) is 0 Å². The van der Waals surface area contributed by atoms with Gasteiger partial charge in [0.05, 0.1) is 0 Å². The quantitative estimate of drug-likeness (QED) is 0.685. The van der Waals surface area contributed by atoms with Crippen molar-refractivity contribution >= 4 is 28.8 Å². The van der Waals surface area contributed by atoms with E-state index >= 15 is 0 Å². The lowest BCUT2D eigenvalue weighted by atomic mass is 10.0. The molecule has 1 aliphatic heterocycles. The number of carboxylic acid groups (broad SMARTS) is 1. The maximum absolute atomic E-state index is 12.1. The molecule has 1 amide bonds. The molecular weight excluding hydrogens is 322 g/mol. The summed E-state index contributed by atoms with van der Waals surface area (Å²) in [4.78, 5) is 36.0. The first kappa shape index (κ1) is 17.1. The van der Waals surface area contributed by atoms with Crippen LogP contribution in [0.1, 0.15) is 18.9 Å². The van der Waals surface area contributed by atoms with Crippen LogP contribution < -0.4 is 0 Å². The lowest BCUT2D eigenvalue weighted by Crippen LogP contribution is -2.43. The largest absolute Gasteiger partial charge is 0.504 e. The van der Waals surface area contributed by atoms with E-state index in [-0.39, 0.29) is 47.2 Å². The van der Waals surface area contributed by atoms with E-state index in [1.54, 1.807) is 0 Å². The Morgan fingerprint density at radius 1 is 1.35 bits per heavy atom. The number of carbonyl (C=O) groups excluding carboxylic acids is 2. The predicted octanol–water partition coefficient (Wildman–Crippen LogP) is 0.974. The number of carbonyl (C=O) groups is 3. The minimum Gasteiger partial charge on any atom is -0.504 e. The molecule has 0 aromatic heterocycles. The normalized spacial score (nSPS) is 18.9. The Hall–Kier alpha value is -2.22. The molecule has 7 nitrogen and oxygen atoms in total. The lowest BCUT2D eigenvalue weighted by Gasteiger charge is -2.24. The zero-order valence-corrected chi connectivity index (χ0v) is 13.2. The summed E-state index contributed by atoms with van der Waals surface area (Å²) in [6.45, 7) is 1.61. The second-order valence-corrected chi connectivity index (χ2v) is 6.84. The molecule has 2 rings (SSSR count). The molecule has 1 fully saturated rings. The molecule has 2 unspecified atom stereocenters. The average molecular weight is 339 g/mol. The Kier molecular flexibility index (Phi) is 5.15. The van der Waals surface area contributed by atoms with Crippen LogP contribution in [0.25, 0.3) is 0 Å². The SMILES string of the molecule is CC(=O)SC1CC(=O)N(C(Cc2ccc(O)c(O)c2)C(=O)O)C1. The molecule has 0 bridgehead atoms. The summed E-state index contributed by atoms with van der Waals surface area (Å²) in [5, 5.41) is 27.9. The number of amides is 1. The van der Waals surface area contributed by atoms with Crippen LogP contribution in [0.3, 0.4) is 0 Å². The van der Waals surface area contributed by atoms with E-state index in [4.69, 9.17) is 0 Å². The topological polar surface area (TPSA) is 115 Å². The first-order chi connectivity index (χ1) is 10.8. The second kappa shape index (κ2) is 6.91. The molecule has 124 valence electrons. The van der Waals surface area contributed by atoms with Crippen LogP contribution in [0.4, 0.5) is 0 Å². The van der Waals surface area contributed by atoms with E-state index in [1.807, 2.05) is 0 Å². The molecule has 8 heteroatoms. The molecule has 1 aromatic carbocycles. The number of likely N-dealkylation sites (tertiary alicyclic amines) is 1. The van der Waals surface area contributed by atoms with E-state index in [2.05, 4.69) is 0 Å². The smallest absolute Gasteiger partial charge is 0.326 e. The van der Waals surface area contributed by atoms with Gasteiger partial charge in [-0.3, -0.25) is 9.59 Å². The zero-order valence-electron chi connectivity index (χ0n) is 12.4. The van der Waals surface area contributed by atoms with Gasteiger partial charge in [0, 0.05) is 31.6 Å². The molecule has 1 aliphatic rings. The maximum Gasteiger partial charge on any atom is 0.326 e. The van der Waals surface area contributed by atoms with Crippen LogP contribution in [-0.4, -0.2) is 55.0 Å². The third-order valence-corrected chi connectivity index (χ3v) is 4.57. The molecule has 0 spiro atoms. The Balaban J connectivity index is 2.15. The Bertz CT molecular complexity index is 647. The second-order valence-electron chi connectivity index (χ2n) is 5.36. The fourth-order valence-corrected chi connectivity index (χ4v) is 3.49. The van der Waals surface area contributed by atoms with E-state index in [0.29, 0.717) is 5.56 Å². The highest BCUT2D eigenvalue weighted by Gasteiger charge is 2.38. The molecule has 1 aromatic rings. The molecule has 1 heterocycles. The molecule has 0 aliphatic carbocycles. The number of carboxylic acids is 1. The summed E-state index contributed by atoms with van der Waals surface area (Å²) in [5.41, 5.74) is 0.489. The summed E-state index contributed by atoms with van der Waals surface area (Å²) in [6, 6.07) is 2.95. The maximum atomic E-state index is 12.1. The van der Waals surface area contributed by atoms with Crippen molar-refractivity contribution in [3.05, 3.63) is 23.8 Å². The number of thioether (sulfide) groups is 1. The first-order valence-electron chi connectivity index (χ1n) is 6.98. The Labute approximate surface area is 136 Å². The summed E-state index contributed by atoms with van der Waals surface area (Å²) in [5.74, 6) is -2.10. The Morgan fingerprint density at radius 2 is 2.04 bits per heavy atom. The standard InChI is InChI=1S/C15H17NO6S/c1-8(17)23-10-6-14(20)16(7-10)11(15(21)22)4-9-2-3-12(18)13(19)5-9/h2-3,5,10-11,18-19H,4,6-7H2,1H3,(H,21,22). The van der Waals surface area contributed by atoms with Crippen molar-refractivity contribution in [3.8, 4) is 11.5 Å². The van der Waals surface area contributed by atoms with Crippen LogP contribution in [0, 0.1) is 0 Å². The molecule has 0 radical (unpaired) electrons. The summed E-state index contributed by atoms with van der Waals surface area (Å²) in [6.07, 6.45) is 0.140. The number of aromatic hydroxyl groups is 2. The van der Waals surface area contributed by atoms with Crippen LogP contribution in [0.15, 0.2) is 18.2 Å². The van der Waals surface area contributed by atoms with Gasteiger partial charge in [0.2, 0.25) is 5.91 Å². The first-order valence-corrected chi connectivity index (χ1v) is 7.86. The van der Waals surface area contributed by atoms with Gasteiger partial charge in [-0.1, -0.05) is 17.8 Å². The fraction of sp³-hybridized carbons (Fsp3) is 0.400.